The summed E-state index contributed by atoms with van der Waals surface area (Å²) in [4.78, 5) is 40.2. The third-order valence-corrected chi connectivity index (χ3v) is 6.21. The molecule has 2 saturated heterocycles. The van der Waals surface area contributed by atoms with Gasteiger partial charge in [0.15, 0.2) is 5.82 Å². The van der Waals surface area contributed by atoms with Crippen LogP contribution in [0.15, 0.2) is 36.7 Å². The first-order valence-corrected chi connectivity index (χ1v) is 10.8. The molecule has 9 heteroatoms. The highest BCUT2D eigenvalue weighted by molar-refractivity contribution is 6.07. The average Bonchev–Trinajstić information content (AvgIpc) is 2.96. The average molecular weight is 434 g/mol. The molecule has 2 N–H and O–H groups in total. The van der Waals surface area contributed by atoms with Crippen LogP contribution in [0.4, 0.5) is 16.4 Å². The Morgan fingerprint density at radius 1 is 1.16 bits per heavy atom. The number of hydrogen-bond acceptors (Lipinski definition) is 7. The van der Waals surface area contributed by atoms with Crippen LogP contribution in [0.2, 0.25) is 0 Å². The summed E-state index contributed by atoms with van der Waals surface area (Å²) >= 11 is 0. The molecule has 2 aromatic rings. The van der Waals surface area contributed by atoms with Gasteiger partial charge in [0.25, 0.3) is 5.91 Å². The number of carbonyl (C=O) groups excluding carboxylic acids is 2. The summed E-state index contributed by atoms with van der Waals surface area (Å²) in [6.07, 6.45) is 2.24. The molecule has 0 atom stereocenters. The fourth-order valence-electron chi connectivity index (χ4n) is 4.60. The van der Waals surface area contributed by atoms with E-state index in [0.29, 0.717) is 44.8 Å². The highest BCUT2D eigenvalue weighted by Gasteiger charge is 2.58. The van der Waals surface area contributed by atoms with Crippen LogP contribution in [0.5, 0.6) is 0 Å². The van der Waals surface area contributed by atoms with Crippen molar-refractivity contribution in [3.05, 3.63) is 47.8 Å². The third-order valence-electron chi connectivity index (χ3n) is 6.21. The largest absolute Gasteiger partial charge is 0.382 e. The van der Waals surface area contributed by atoms with Gasteiger partial charge in [-0.2, -0.15) is 5.26 Å². The number of nitriles is 1. The highest BCUT2D eigenvalue weighted by Crippen LogP contribution is 2.40. The third kappa shape index (κ3) is 3.62. The molecule has 0 radical (unpaired) electrons. The fraction of sp³-hybridized carbons (Fsp3) is 0.435. The summed E-state index contributed by atoms with van der Waals surface area (Å²) in [5, 5.41) is 9.49. The molecule has 0 bridgehead atoms. The molecule has 0 aliphatic carbocycles. The maximum Gasteiger partial charge on any atom is 0.327 e. The number of benzene rings is 1. The number of nitrogens with zero attached hydrogens (tertiary/aromatic N) is 6. The van der Waals surface area contributed by atoms with Gasteiger partial charge in [-0.3, -0.25) is 9.69 Å². The van der Waals surface area contributed by atoms with Crippen LogP contribution in [-0.2, 0) is 11.3 Å². The first-order valence-electron chi connectivity index (χ1n) is 10.8. The predicted molar refractivity (Wildman–Crippen MR) is 119 cm³/mol. The van der Waals surface area contributed by atoms with E-state index in [2.05, 4.69) is 16.0 Å². The Kier molecular flexibility index (Phi) is 5.70. The van der Waals surface area contributed by atoms with Crippen LogP contribution in [-0.4, -0.2) is 56.9 Å². The van der Waals surface area contributed by atoms with Crippen molar-refractivity contribution < 1.29 is 9.59 Å². The summed E-state index contributed by atoms with van der Waals surface area (Å²) < 4.78 is 0. The smallest absolute Gasteiger partial charge is 0.327 e. The number of rotatable bonds is 5. The van der Waals surface area contributed by atoms with Gasteiger partial charge in [-0.15, -0.1) is 0 Å². The van der Waals surface area contributed by atoms with Crippen molar-refractivity contribution in [2.45, 2.75) is 38.8 Å². The summed E-state index contributed by atoms with van der Waals surface area (Å²) in [7, 11) is 0. The second kappa shape index (κ2) is 8.46. The van der Waals surface area contributed by atoms with Gasteiger partial charge in [0.2, 0.25) is 0 Å². The van der Waals surface area contributed by atoms with E-state index in [1.807, 2.05) is 49.1 Å². The first-order chi connectivity index (χ1) is 15.4. The normalized spacial score (nSPS) is 18.0. The van der Waals surface area contributed by atoms with Crippen molar-refractivity contribution >= 4 is 23.6 Å². The van der Waals surface area contributed by atoms with Gasteiger partial charge in [-0.25, -0.2) is 14.8 Å². The second-order valence-corrected chi connectivity index (χ2v) is 8.75. The molecule has 3 heterocycles. The van der Waals surface area contributed by atoms with E-state index in [9.17, 15) is 14.9 Å². The number of nitrogen functional groups attached to an aromatic ring is 1. The quantitative estimate of drug-likeness (QED) is 0.719. The van der Waals surface area contributed by atoms with Crippen LogP contribution < -0.4 is 10.6 Å². The number of carbonyl (C=O) groups is 2. The number of anilines is 2. The Morgan fingerprint density at radius 3 is 2.47 bits per heavy atom. The van der Waals surface area contributed by atoms with E-state index in [4.69, 9.17) is 5.73 Å². The van der Waals surface area contributed by atoms with E-state index in [0.717, 1.165) is 5.56 Å². The lowest BCUT2D eigenvalue weighted by Crippen LogP contribution is -2.56. The number of nitrogens with two attached hydrogens (primary N) is 1. The SMILES string of the molecule is CC(C)CN1C(=O)N(Cc2ccccc2)C2(CCN(c3ncnc(N)c3C#N)CC2)C1=O. The van der Waals surface area contributed by atoms with Crippen molar-refractivity contribution in [2.75, 3.05) is 30.3 Å². The van der Waals surface area contributed by atoms with Crippen LogP contribution in [0.1, 0.15) is 37.8 Å². The zero-order chi connectivity index (χ0) is 22.9. The topological polar surface area (TPSA) is 119 Å². The van der Waals surface area contributed by atoms with Crippen molar-refractivity contribution in [3.8, 4) is 6.07 Å². The second-order valence-electron chi connectivity index (χ2n) is 8.75. The van der Waals surface area contributed by atoms with E-state index in [1.54, 1.807) is 4.90 Å². The molecule has 3 amide bonds. The summed E-state index contributed by atoms with van der Waals surface area (Å²) in [5.41, 5.74) is 6.17. The van der Waals surface area contributed by atoms with E-state index in [-0.39, 0.29) is 29.2 Å². The zero-order valence-corrected chi connectivity index (χ0v) is 18.4. The van der Waals surface area contributed by atoms with Crippen LogP contribution in [0, 0.1) is 17.2 Å². The molecule has 166 valence electrons. The Balaban J connectivity index is 1.64. The van der Waals surface area contributed by atoms with E-state index in [1.165, 1.54) is 11.2 Å². The van der Waals surface area contributed by atoms with Gasteiger partial charge in [0.1, 0.15) is 29.3 Å². The summed E-state index contributed by atoms with van der Waals surface area (Å²) in [6.45, 7) is 5.73. The van der Waals surface area contributed by atoms with Crippen molar-refractivity contribution in [3.63, 3.8) is 0 Å². The minimum absolute atomic E-state index is 0.130. The molecule has 1 spiro atoms. The Hall–Kier alpha value is -3.67. The molecular weight excluding hydrogens is 406 g/mol. The van der Waals surface area contributed by atoms with E-state index < -0.39 is 5.54 Å². The van der Waals surface area contributed by atoms with Crippen LogP contribution in [0.25, 0.3) is 0 Å². The number of amides is 3. The molecule has 2 aliphatic rings. The van der Waals surface area contributed by atoms with Gasteiger partial charge in [-0.1, -0.05) is 44.2 Å². The molecule has 0 saturated carbocycles. The van der Waals surface area contributed by atoms with Gasteiger partial charge in [0.05, 0.1) is 0 Å². The molecule has 2 aliphatic heterocycles. The van der Waals surface area contributed by atoms with Gasteiger partial charge < -0.3 is 15.5 Å². The number of piperidine rings is 1. The maximum absolute atomic E-state index is 13.6. The molecular formula is C23H27N7O2. The van der Waals surface area contributed by atoms with Crippen molar-refractivity contribution in [1.82, 2.24) is 19.8 Å². The minimum atomic E-state index is -0.899. The molecule has 4 rings (SSSR count). The monoisotopic (exact) mass is 433 g/mol. The lowest BCUT2D eigenvalue weighted by molar-refractivity contribution is -0.134. The molecule has 32 heavy (non-hydrogen) atoms. The van der Waals surface area contributed by atoms with Gasteiger partial charge >= 0.3 is 6.03 Å². The molecule has 1 aromatic heterocycles. The van der Waals surface area contributed by atoms with Crippen molar-refractivity contribution in [1.29, 1.82) is 5.26 Å². The summed E-state index contributed by atoms with van der Waals surface area (Å²) in [5.74, 6) is 0.660. The van der Waals surface area contributed by atoms with Gasteiger partial charge in [-0.05, 0) is 24.3 Å². The first kappa shape index (κ1) is 21.6. The number of imide groups is 1. The van der Waals surface area contributed by atoms with Crippen LogP contribution in [0.3, 0.4) is 0 Å². The molecule has 2 fully saturated rings. The number of aromatic nitrogens is 2. The standard InChI is InChI=1S/C23H27N7O2/c1-16(2)13-29-21(31)23(30(22(29)32)14-17-6-4-3-5-7-17)8-10-28(11-9-23)20-18(12-24)19(25)26-15-27-20/h3-7,15-16H,8-11,13-14H2,1-2H3,(H2,25,26,27). The fourth-order valence-corrected chi connectivity index (χ4v) is 4.60. The Morgan fingerprint density at radius 2 is 1.84 bits per heavy atom. The molecule has 1 aromatic carbocycles. The number of hydrogen-bond donors (Lipinski definition) is 1. The van der Waals surface area contributed by atoms with Gasteiger partial charge in [0, 0.05) is 26.2 Å². The van der Waals surface area contributed by atoms with E-state index >= 15 is 0 Å². The predicted octanol–water partition coefficient (Wildman–Crippen LogP) is 2.39. The number of urea groups is 1. The lowest BCUT2D eigenvalue weighted by atomic mass is 9.85. The zero-order valence-electron chi connectivity index (χ0n) is 18.4. The lowest BCUT2D eigenvalue weighted by Gasteiger charge is -2.42. The maximum atomic E-state index is 13.6. The van der Waals surface area contributed by atoms with Crippen LogP contribution >= 0.6 is 0 Å². The minimum Gasteiger partial charge on any atom is -0.382 e. The van der Waals surface area contributed by atoms with Crippen molar-refractivity contribution in [2.24, 2.45) is 5.92 Å². The molecule has 9 nitrogen and oxygen atoms in total. The highest BCUT2D eigenvalue weighted by atomic mass is 16.2. The molecule has 0 unspecified atom stereocenters. The Labute approximate surface area is 187 Å². The Bertz CT molecular complexity index is 1060. The summed E-state index contributed by atoms with van der Waals surface area (Å²) in [6, 6.07) is 11.6.